The van der Waals surface area contributed by atoms with E-state index in [0.717, 1.165) is 28.6 Å². The van der Waals surface area contributed by atoms with Crippen LogP contribution in [0.1, 0.15) is 30.4 Å². The number of para-hydroxylation sites is 1. The number of furan rings is 1. The average Bonchev–Trinajstić information content (AvgIpc) is 3.80. The average molecular weight is 615 g/mol. The Kier molecular flexibility index (Phi) is 5.15. The van der Waals surface area contributed by atoms with Crippen LogP contribution in [-0.2, 0) is 0 Å². The fourth-order valence-corrected chi connectivity index (χ4v) is 8.53. The highest BCUT2D eigenvalue weighted by atomic mass is 16.3. The molecular formula is C45H30N2O. The maximum Gasteiger partial charge on any atom is 0.139 e. The standard InChI is InChI=1S/C45H30N2O/c1-26-8-7-10-28-14-18-33-44-40(48-45(33)41(26)28)23-20-37-43(44)34-24-29(15-19-36(34)46-37)30-17-21-38-35(25-30)42-32-13-6-5-9-27(32)16-22-39(42)47(38)31-11-3-2-4-12-31/h2-7,9-26,46H,8H2,1H3. The van der Waals surface area contributed by atoms with Crippen molar-refractivity contribution in [3.05, 3.63) is 145 Å². The number of aromatic nitrogens is 2. The van der Waals surface area contributed by atoms with Gasteiger partial charge in [0.1, 0.15) is 11.2 Å². The van der Waals surface area contributed by atoms with E-state index in [-0.39, 0.29) is 0 Å². The van der Waals surface area contributed by atoms with Crippen molar-refractivity contribution < 1.29 is 4.42 Å². The second kappa shape index (κ2) is 9.49. The molecule has 3 heteroatoms. The predicted octanol–water partition coefficient (Wildman–Crippen LogP) is 12.7. The third-order valence-corrected chi connectivity index (χ3v) is 10.7. The number of benzene rings is 7. The van der Waals surface area contributed by atoms with Crippen LogP contribution in [0.3, 0.4) is 0 Å². The van der Waals surface area contributed by atoms with Crippen LogP contribution in [-0.4, -0.2) is 9.55 Å². The van der Waals surface area contributed by atoms with Crippen molar-refractivity contribution in [3.8, 4) is 16.8 Å². The molecule has 0 fully saturated rings. The fourth-order valence-electron chi connectivity index (χ4n) is 8.53. The number of hydrogen-bond donors (Lipinski definition) is 1. The summed E-state index contributed by atoms with van der Waals surface area (Å²) in [6, 6.07) is 46.6. The molecule has 3 heterocycles. The Balaban J connectivity index is 1.18. The highest BCUT2D eigenvalue weighted by molar-refractivity contribution is 6.27. The predicted molar refractivity (Wildman–Crippen MR) is 202 cm³/mol. The summed E-state index contributed by atoms with van der Waals surface area (Å²) in [4.78, 5) is 3.71. The number of nitrogens with one attached hydrogen (secondary N) is 1. The van der Waals surface area contributed by atoms with Gasteiger partial charge in [0.15, 0.2) is 0 Å². The number of hydrogen-bond acceptors (Lipinski definition) is 1. The number of H-pyrrole nitrogens is 1. The van der Waals surface area contributed by atoms with Crippen LogP contribution in [0.25, 0.3) is 99.2 Å². The molecular weight excluding hydrogens is 585 g/mol. The van der Waals surface area contributed by atoms with E-state index in [1.54, 1.807) is 0 Å². The van der Waals surface area contributed by atoms with Gasteiger partial charge in [-0.1, -0.05) is 85.8 Å². The van der Waals surface area contributed by atoms with Crippen molar-refractivity contribution >= 4 is 82.4 Å². The van der Waals surface area contributed by atoms with Crippen molar-refractivity contribution in [1.82, 2.24) is 9.55 Å². The molecule has 48 heavy (non-hydrogen) atoms. The van der Waals surface area contributed by atoms with Gasteiger partial charge >= 0.3 is 0 Å². The molecule has 3 aromatic heterocycles. The van der Waals surface area contributed by atoms with Crippen molar-refractivity contribution in [1.29, 1.82) is 0 Å². The van der Waals surface area contributed by atoms with Gasteiger partial charge < -0.3 is 14.0 Å². The fraction of sp³-hybridized carbons (Fsp3) is 0.0667. The number of nitrogens with zero attached hydrogens (tertiary/aromatic N) is 1. The van der Waals surface area contributed by atoms with Crippen molar-refractivity contribution in [3.63, 3.8) is 0 Å². The van der Waals surface area contributed by atoms with E-state index in [0.29, 0.717) is 5.92 Å². The minimum absolute atomic E-state index is 0.430. The largest absolute Gasteiger partial charge is 0.456 e. The molecule has 0 spiro atoms. The molecule has 1 atom stereocenters. The van der Waals surface area contributed by atoms with Crippen LogP contribution in [0.5, 0.6) is 0 Å². The molecule has 11 rings (SSSR count). The zero-order valence-corrected chi connectivity index (χ0v) is 26.4. The number of aromatic amines is 1. The highest BCUT2D eigenvalue weighted by Gasteiger charge is 2.23. The van der Waals surface area contributed by atoms with E-state index in [9.17, 15) is 0 Å². The quantitative estimate of drug-likeness (QED) is 0.206. The molecule has 0 radical (unpaired) electrons. The van der Waals surface area contributed by atoms with Gasteiger partial charge in [-0.2, -0.15) is 0 Å². The first kappa shape index (κ1) is 26.1. The first-order valence-electron chi connectivity index (χ1n) is 16.8. The Hall–Kier alpha value is -6.06. The third kappa shape index (κ3) is 3.48. The van der Waals surface area contributed by atoms with E-state index in [2.05, 4.69) is 156 Å². The topological polar surface area (TPSA) is 33.9 Å². The summed E-state index contributed by atoms with van der Waals surface area (Å²) in [5.74, 6) is 0.430. The summed E-state index contributed by atoms with van der Waals surface area (Å²) in [6.07, 6.45) is 5.56. The molecule has 1 aliphatic rings. The van der Waals surface area contributed by atoms with E-state index >= 15 is 0 Å². The molecule has 0 saturated carbocycles. The first-order chi connectivity index (χ1) is 23.7. The Morgan fingerprint density at radius 1 is 0.625 bits per heavy atom. The van der Waals surface area contributed by atoms with E-state index in [4.69, 9.17) is 4.42 Å². The second-order valence-electron chi connectivity index (χ2n) is 13.4. The van der Waals surface area contributed by atoms with Gasteiger partial charge in [0.05, 0.1) is 11.0 Å². The van der Waals surface area contributed by atoms with Gasteiger partial charge in [0.25, 0.3) is 0 Å². The second-order valence-corrected chi connectivity index (χ2v) is 13.4. The molecule has 226 valence electrons. The molecule has 0 bridgehead atoms. The summed E-state index contributed by atoms with van der Waals surface area (Å²) >= 11 is 0. The maximum atomic E-state index is 6.68. The molecule has 7 aromatic carbocycles. The Morgan fingerprint density at radius 2 is 1.42 bits per heavy atom. The number of fused-ring (bicyclic) bond motifs is 14. The summed E-state index contributed by atoms with van der Waals surface area (Å²) in [5.41, 5.74) is 12.9. The lowest BCUT2D eigenvalue weighted by molar-refractivity contribution is 0.650. The van der Waals surface area contributed by atoms with Gasteiger partial charge in [0, 0.05) is 54.6 Å². The molecule has 1 unspecified atom stereocenters. The SMILES string of the molecule is CC1CC=Cc2ccc3c(oc4ccc5[nH]c6ccc(-c7ccc8c(c7)c7c9ccccc9ccc7n8-c7ccccc7)cc6c5c43)c21. The summed E-state index contributed by atoms with van der Waals surface area (Å²) in [6.45, 7) is 2.30. The van der Waals surface area contributed by atoms with Crippen LogP contribution in [0.4, 0.5) is 0 Å². The van der Waals surface area contributed by atoms with Crippen LogP contribution in [0, 0.1) is 0 Å². The van der Waals surface area contributed by atoms with Crippen LogP contribution in [0.2, 0.25) is 0 Å². The van der Waals surface area contributed by atoms with Crippen molar-refractivity contribution in [2.75, 3.05) is 0 Å². The van der Waals surface area contributed by atoms with Crippen LogP contribution in [0.15, 0.2) is 138 Å². The van der Waals surface area contributed by atoms with Gasteiger partial charge in [-0.25, -0.2) is 0 Å². The molecule has 0 saturated heterocycles. The molecule has 10 aromatic rings. The van der Waals surface area contributed by atoms with Crippen LogP contribution < -0.4 is 0 Å². The highest BCUT2D eigenvalue weighted by Crippen LogP contribution is 2.45. The smallest absolute Gasteiger partial charge is 0.139 e. The lowest BCUT2D eigenvalue weighted by Gasteiger charge is -2.17. The summed E-state index contributed by atoms with van der Waals surface area (Å²) < 4.78 is 9.08. The lowest BCUT2D eigenvalue weighted by Crippen LogP contribution is -1.99. The molecule has 0 aliphatic heterocycles. The first-order valence-corrected chi connectivity index (χ1v) is 16.8. The number of allylic oxidation sites excluding steroid dienone is 1. The van der Waals surface area contributed by atoms with E-state index < -0.39 is 0 Å². The van der Waals surface area contributed by atoms with Crippen molar-refractivity contribution in [2.24, 2.45) is 0 Å². The lowest BCUT2D eigenvalue weighted by atomic mass is 9.87. The maximum absolute atomic E-state index is 6.68. The zero-order valence-electron chi connectivity index (χ0n) is 26.4. The summed E-state index contributed by atoms with van der Waals surface area (Å²) in [5, 5.41) is 9.94. The number of rotatable bonds is 2. The van der Waals surface area contributed by atoms with Crippen molar-refractivity contribution in [2.45, 2.75) is 19.3 Å². The third-order valence-electron chi connectivity index (χ3n) is 10.7. The molecule has 1 aliphatic carbocycles. The molecule has 3 nitrogen and oxygen atoms in total. The van der Waals surface area contributed by atoms with Gasteiger partial charge in [-0.3, -0.25) is 0 Å². The Morgan fingerprint density at radius 3 is 2.33 bits per heavy atom. The Bertz CT molecular complexity index is 2990. The van der Waals surface area contributed by atoms with Crippen LogP contribution >= 0.6 is 0 Å². The molecule has 1 N–H and O–H groups in total. The monoisotopic (exact) mass is 614 g/mol. The normalized spacial score (nSPS) is 14.8. The molecule has 0 amide bonds. The zero-order chi connectivity index (χ0) is 31.5. The minimum Gasteiger partial charge on any atom is -0.456 e. The Labute approximate surface area is 276 Å². The van der Waals surface area contributed by atoms with E-state index in [1.165, 1.54) is 82.1 Å². The van der Waals surface area contributed by atoms with Gasteiger partial charge in [-0.15, -0.1) is 0 Å². The minimum atomic E-state index is 0.430. The van der Waals surface area contributed by atoms with Gasteiger partial charge in [-0.05, 0) is 100 Å². The van der Waals surface area contributed by atoms with E-state index in [1.807, 2.05) is 0 Å². The van der Waals surface area contributed by atoms with Gasteiger partial charge in [0.2, 0.25) is 0 Å². The summed E-state index contributed by atoms with van der Waals surface area (Å²) in [7, 11) is 0.